The first-order valence-electron chi connectivity index (χ1n) is 9.00. The minimum atomic E-state index is -1.06. The maximum atomic E-state index is 12.1. The second-order valence-electron chi connectivity index (χ2n) is 6.09. The molecule has 0 fully saturated rings. The third kappa shape index (κ3) is 6.24. The Bertz CT molecular complexity index is 854. The van der Waals surface area contributed by atoms with E-state index in [1.165, 1.54) is 21.1 Å². The summed E-state index contributed by atoms with van der Waals surface area (Å²) in [5, 5.41) is 0. The molecule has 8 nitrogen and oxygen atoms in total. The minimum Gasteiger partial charge on any atom is -0.493 e. The summed E-state index contributed by atoms with van der Waals surface area (Å²) >= 11 is 0. The fraction of sp³-hybridized carbons (Fsp3) is 0.286. The molecule has 154 valence electrons. The first-order valence-corrected chi connectivity index (χ1v) is 9.00. The van der Waals surface area contributed by atoms with E-state index in [0.717, 1.165) is 5.56 Å². The van der Waals surface area contributed by atoms with Crippen molar-refractivity contribution < 1.29 is 28.6 Å². The molecule has 8 heteroatoms. The quantitative estimate of drug-likeness (QED) is 0.519. The van der Waals surface area contributed by atoms with Gasteiger partial charge in [0, 0.05) is 12.0 Å². The molecular formula is C21H24N2O6. The van der Waals surface area contributed by atoms with Crippen LogP contribution in [0.25, 0.3) is 0 Å². The van der Waals surface area contributed by atoms with Gasteiger partial charge in [0.2, 0.25) is 0 Å². The van der Waals surface area contributed by atoms with Crippen LogP contribution in [0.2, 0.25) is 0 Å². The molecule has 0 bridgehead atoms. The third-order valence-electron chi connectivity index (χ3n) is 4.10. The number of hydrazine groups is 1. The lowest BCUT2D eigenvalue weighted by atomic mass is 10.1. The van der Waals surface area contributed by atoms with Crippen LogP contribution in [0.4, 0.5) is 0 Å². The Morgan fingerprint density at radius 3 is 2.31 bits per heavy atom. The normalized spacial score (nSPS) is 11.1. The van der Waals surface area contributed by atoms with Crippen molar-refractivity contribution in [2.45, 2.75) is 25.9 Å². The number of ether oxygens (including phenoxy) is 3. The van der Waals surface area contributed by atoms with Crippen molar-refractivity contribution in [3.8, 4) is 11.5 Å². The number of hydrogen-bond acceptors (Lipinski definition) is 6. The van der Waals surface area contributed by atoms with Crippen molar-refractivity contribution in [2.24, 2.45) is 0 Å². The lowest BCUT2D eigenvalue weighted by Gasteiger charge is -2.15. The summed E-state index contributed by atoms with van der Waals surface area (Å²) in [6.07, 6.45) is -0.652. The van der Waals surface area contributed by atoms with Gasteiger partial charge in [0.25, 0.3) is 11.8 Å². The molecule has 0 saturated heterocycles. The van der Waals surface area contributed by atoms with Crippen LogP contribution in [0.1, 0.15) is 29.3 Å². The zero-order chi connectivity index (χ0) is 21.2. The Morgan fingerprint density at radius 2 is 1.66 bits per heavy atom. The number of amides is 2. The van der Waals surface area contributed by atoms with Crippen LogP contribution < -0.4 is 20.3 Å². The van der Waals surface area contributed by atoms with E-state index < -0.39 is 23.9 Å². The van der Waals surface area contributed by atoms with E-state index >= 15 is 0 Å². The largest absolute Gasteiger partial charge is 0.493 e. The van der Waals surface area contributed by atoms with Crippen LogP contribution in [-0.4, -0.2) is 38.1 Å². The summed E-state index contributed by atoms with van der Waals surface area (Å²) in [6, 6.07) is 13.8. The summed E-state index contributed by atoms with van der Waals surface area (Å²) in [6.45, 7) is 1.42. The molecule has 0 radical (unpaired) electrons. The van der Waals surface area contributed by atoms with Gasteiger partial charge in [-0.3, -0.25) is 25.2 Å². The van der Waals surface area contributed by atoms with Gasteiger partial charge in [0.05, 0.1) is 14.2 Å². The number of hydrogen-bond donors (Lipinski definition) is 2. The van der Waals surface area contributed by atoms with Gasteiger partial charge in [-0.2, -0.15) is 0 Å². The fourth-order valence-electron chi connectivity index (χ4n) is 2.58. The number of carbonyl (C=O) groups excluding carboxylic acids is 3. The summed E-state index contributed by atoms with van der Waals surface area (Å²) in [5.41, 5.74) is 5.70. The molecule has 2 aromatic carbocycles. The number of rotatable bonds is 8. The first kappa shape index (κ1) is 21.7. The summed E-state index contributed by atoms with van der Waals surface area (Å²) in [7, 11) is 3.06. The highest BCUT2D eigenvalue weighted by atomic mass is 16.5. The Hall–Kier alpha value is -3.55. The highest BCUT2D eigenvalue weighted by molar-refractivity contribution is 5.95. The lowest BCUT2D eigenvalue weighted by molar-refractivity contribution is -0.155. The van der Waals surface area contributed by atoms with Crippen molar-refractivity contribution in [2.75, 3.05) is 14.2 Å². The van der Waals surface area contributed by atoms with Gasteiger partial charge < -0.3 is 14.2 Å². The van der Waals surface area contributed by atoms with Crippen LogP contribution in [0.15, 0.2) is 48.5 Å². The Balaban J connectivity index is 1.81. The zero-order valence-electron chi connectivity index (χ0n) is 16.6. The number of nitrogens with one attached hydrogen (secondary N) is 2. The van der Waals surface area contributed by atoms with E-state index in [-0.39, 0.29) is 6.42 Å². The maximum absolute atomic E-state index is 12.1. The van der Waals surface area contributed by atoms with Crippen molar-refractivity contribution in [1.29, 1.82) is 0 Å². The number of esters is 1. The number of aryl methyl sites for hydroxylation is 1. The number of methoxy groups -OCH3 is 2. The van der Waals surface area contributed by atoms with Gasteiger partial charge in [0.1, 0.15) is 0 Å². The molecule has 0 aromatic heterocycles. The predicted octanol–water partition coefficient (Wildman–Crippen LogP) is 2.03. The van der Waals surface area contributed by atoms with Crippen LogP contribution in [0.3, 0.4) is 0 Å². The molecule has 0 unspecified atom stereocenters. The molecule has 29 heavy (non-hydrogen) atoms. The van der Waals surface area contributed by atoms with Gasteiger partial charge in [-0.05, 0) is 37.1 Å². The standard InChI is InChI=1S/C21H24N2O6/c1-14(20(25)22-23-21(26)16-8-5-4-6-9-16)29-18(24)13-12-15-10-7-11-17(27-2)19(15)28-3/h4-11,14H,12-13H2,1-3H3,(H,22,25)(H,23,26)/t14-/m0/s1. The lowest BCUT2D eigenvalue weighted by Crippen LogP contribution is -2.46. The Morgan fingerprint density at radius 1 is 0.931 bits per heavy atom. The Kier molecular flexibility index (Phi) is 8.02. The number of para-hydroxylation sites is 1. The molecule has 2 rings (SSSR count). The SMILES string of the molecule is COc1cccc(CCC(=O)O[C@@H](C)C(=O)NNC(=O)c2ccccc2)c1OC. The van der Waals surface area contributed by atoms with E-state index in [1.807, 2.05) is 6.07 Å². The molecule has 0 aliphatic carbocycles. The molecule has 2 amide bonds. The molecule has 0 spiro atoms. The minimum absolute atomic E-state index is 0.0531. The molecule has 1 atom stereocenters. The van der Waals surface area contributed by atoms with Crippen molar-refractivity contribution in [3.05, 3.63) is 59.7 Å². The van der Waals surface area contributed by atoms with Crippen molar-refractivity contribution in [3.63, 3.8) is 0 Å². The predicted molar refractivity (Wildman–Crippen MR) is 105 cm³/mol. The topological polar surface area (TPSA) is 103 Å². The molecule has 0 aliphatic rings. The van der Waals surface area contributed by atoms with Gasteiger partial charge in [0.15, 0.2) is 17.6 Å². The third-order valence-corrected chi connectivity index (χ3v) is 4.10. The van der Waals surface area contributed by atoms with E-state index in [9.17, 15) is 14.4 Å². The molecule has 2 aromatic rings. The van der Waals surface area contributed by atoms with Gasteiger partial charge in [-0.1, -0.05) is 30.3 Å². The number of carbonyl (C=O) groups is 3. The van der Waals surface area contributed by atoms with Crippen molar-refractivity contribution in [1.82, 2.24) is 10.9 Å². The monoisotopic (exact) mass is 400 g/mol. The molecule has 2 N–H and O–H groups in total. The van der Waals surface area contributed by atoms with Crippen LogP contribution in [0.5, 0.6) is 11.5 Å². The average Bonchev–Trinajstić information content (AvgIpc) is 2.75. The van der Waals surface area contributed by atoms with E-state index in [0.29, 0.717) is 23.5 Å². The maximum Gasteiger partial charge on any atom is 0.306 e. The summed E-state index contributed by atoms with van der Waals surface area (Å²) in [5.74, 6) is -0.534. The average molecular weight is 400 g/mol. The highest BCUT2D eigenvalue weighted by Gasteiger charge is 2.19. The van der Waals surface area contributed by atoms with E-state index in [2.05, 4.69) is 10.9 Å². The fourth-order valence-corrected chi connectivity index (χ4v) is 2.58. The van der Waals surface area contributed by atoms with Crippen LogP contribution in [0, 0.1) is 0 Å². The van der Waals surface area contributed by atoms with Gasteiger partial charge in [-0.25, -0.2) is 0 Å². The van der Waals surface area contributed by atoms with Gasteiger partial charge >= 0.3 is 5.97 Å². The second-order valence-corrected chi connectivity index (χ2v) is 6.09. The van der Waals surface area contributed by atoms with Gasteiger partial charge in [-0.15, -0.1) is 0 Å². The molecule has 0 heterocycles. The molecule has 0 saturated carbocycles. The first-order chi connectivity index (χ1) is 14.0. The highest BCUT2D eigenvalue weighted by Crippen LogP contribution is 2.31. The zero-order valence-corrected chi connectivity index (χ0v) is 16.6. The van der Waals surface area contributed by atoms with Crippen molar-refractivity contribution >= 4 is 17.8 Å². The summed E-state index contributed by atoms with van der Waals surface area (Å²) in [4.78, 5) is 36.0. The molecular weight excluding hydrogens is 376 g/mol. The summed E-state index contributed by atoms with van der Waals surface area (Å²) < 4.78 is 15.7. The van der Waals surface area contributed by atoms with E-state index in [1.54, 1.807) is 42.5 Å². The van der Waals surface area contributed by atoms with E-state index in [4.69, 9.17) is 14.2 Å². The number of benzene rings is 2. The second kappa shape index (κ2) is 10.7. The molecule has 0 aliphatic heterocycles. The smallest absolute Gasteiger partial charge is 0.306 e. The van der Waals surface area contributed by atoms with Crippen LogP contribution >= 0.6 is 0 Å². The van der Waals surface area contributed by atoms with Crippen LogP contribution in [-0.2, 0) is 20.7 Å². The Labute approximate surface area is 169 Å².